The molecule has 4 heteroatoms. The van der Waals surface area contributed by atoms with Crippen LogP contribution in [0.2, 0.25) is 0 Å². The Bertz CT molecular complexity index is 671. The van der Waals surface area contributed by atoms with Gasteiger partial charge in [-0.2, -0.15) is 9.78 Å². The first-order valence-corrected chi connectivity index (χ1v) is 10.5. The summed E-state index contributed by atoms with van der Waals surface area (Å²) in [4.78, 5) is 12.2. The van der Waals surface area contributed by atoms with Gasteiger partial charge in [0.15, 0.2) is 0 Å². The van der Waals surface area contributed by atoms with Gasteiger partial charge in [0, 0.05) is 24.7 Å². The molecule has 2 atom stereocenters. The first kappa shape index (κ1) is 15.9. The predicted octanol–water partition coefficient (Wildman–Crippen LogP) is 4.88. The molecule has 1 unspecified atom stereocenters. The van der Waals surface area contributed by atoms with Crippen LogP contribution >= 0.6 is 0 Å². The Morgan fingerprint density at radius 2 is 1.58 bits per heavy atom. The standard InChI is InChI=1S/C22H28O4/c23-20-5-3-16(4-6-20)17-2-1-7-21(13-17)24-22(26-25-21)18-9-14-8-15(11-18)12-19(22)10-14/h3-6,14-15,17-19,23H,1-2,7-13H2/t14?,15?,17?,18?,19?,21-,22?/m1/s1. The van der Waals surface area contributed by atoms with E-state index >= 15 is 0 Å². The zero-order valence-corrected chi connectivity index (χ0v) is 15.2. The summed E-state index contributed by atoms with van der Waals surface area (Å²) < 4.78 is 6.84. The molecule has 26 heavy (non-hydrogen) atoms. The third kappa shape index (κ3) is 2.25. The Morgan fingerprint density at radius 1 is 0.885 bits per heavy atom. The minimum atomic E-state index is -0.573. The molecule has 2 spiro atoms. The van der Waals surface area contributed by atoms with E-state index in [1.807, 2.05) is 12.1 Å². The molecule has 6 fully saturated rings. The normalized spacial score (nSPS) is 49.3. The van der Waals surface area contributed by atoms with Gasteiger partial charge in [-0.1, -0.05) is 12.1 Å². The van der Waals surface area contributed by atoms with Gasteiger partial charge in [0.1, 0.15) is 5.75 Å². The average Bonchev–Trinajstić information content (AvgIpc) is 3.00. The molecule has 6 aliphatic rings. The van der Waals surface area contributed by atoms with Crippen molar-refractivity contribution in [3.05, 3.63) is 29.8 Å². The lowest BCUT2D eigenvalue weighted by atomic mass is 9.53. The zero-order valence-electron chi connectivity index (χ0n) is 15.2. The molecule has 4 bridgehead atoms. The lowest BCUT2D eigenvalue weighted by Gasteiger charge is -2.57. The van der Waals surface area contributed by atoms with Gasteiger partial charge < -0.3 is 9.84 Å². The molecule has 1 aliphatic heterocycles. The van der Waals surface area contributed by atoms with E-state index in [4.69, 9.17) is 14.5 Å². The second kappa shape index (κ2) is 5.46. The smallest absolute Gasteiger partial charge is 0.210 e. The second-order valence-corrected chi connectivity index (χ2v) is 9.59. The van der Waals surface area contributed by atoms with Crippen LogP contribution in [0.5, 0.6) is 5.75 Å². The molecule has 0 aromatic heterocycles. The summed E-state index contributed by atoms with van der Waals surface area (Å²) in [5.41, 5.74) is 1.26. The van der Waals surface area contributed by atoms with Gasteiger partial charge in [-0.25, -0.2) is 0 Å². The van der Waals surface area contributed by atoms with Crippen LogP contribution < -0.4 is 0 Å². The summed E-state index contributed by atoms with van der Waals surface area (Å²) in [5.74, 6) is 2.51. The largest absolute Gasteiger partial charge is 0.508 e. The Kier molecular flexibility index (Phi) is 3.34. The van der Waals surface area contributed by atoms with Gasteiger partial charge in [-0.15, -0.1) is 0 Å². The average molecular weight is 356 g/mol. The van der Waals surface area contributed by atoms with Crippen LogP contribution in [0, 0.1) is 23.7 Å². The van der Waals surface area contributed by atoms with E-state index in [1.54, 1.807) is 12.1 Å². The fourth-order valence-corrected chi connectivity index (χ4v) is 7.01. The molecule has 4 nitrogen and oxygen atoms in total. The van der Waals surface area contributed by atoms with Crippen molar-refractivity contribution in [2.24, 2.45) is 23.7 Å². The first-order chi connectivity index (χ1) is 12.6. The highest BCUT2D eigenvalue weighted by molar-refractivity contribution is 5.29. The molecule has 1 N–H and O–H groups in total. The van der Waals surface area contributed by atoms with Crippen LogP contribution in [-0.2, 0) is 14.5 Å². The lowest BCUT2D eigenvalue weighted by molar-refractivity contribution is -0.390. The molecular weight excluding hydrogens is 328 g/mol. The monoisotopic (exact) mass is 356 g/mol. The Balaban J connectivity index is 1.26. The van der Waals surface area contributed by atoms with E-state index < -0.39 is 11.6 Å². The predicted molar refractivity (Wildman–Crippen MR) is 95.1 cm³/mol. The van der Waals surface area contributed by atoms with E-state index in [-0.39, 0.29) is 0 Å². The molecule has 5 aliphatic carbocycles. The maximum atomic E-state index is 9.57. The summed E-state index contributed by atoms with van der Waals surface area (Å²) in [5, 5.41) is 9.57. The van der Waals surface area contributed by atoms with Crippen molar-refractivity contribution in [2.75, 3.05) is 0 Å². The molecule has 0 radical (unpaired) electrons. The molecule has 1 aromatic rings. The maximum absolute atomic E-state index is 9.57. The van der Waals surface area contributed by atoms with Gasteiger partial charge in [-0.05, 0) is 80.4 Å². The summed E-state index contributed by atoms with van der Waals surface area (Å²) in [6.07, 6.45) is 10.5. The summed E-state index contributed by atoms with van der Waals surface area (Å²) >= 11 is 0. The SMILES string of the molecule is Oc1ccc(C2CCC[C@]3(C2)OOC2(O3)C3CC4CC(C3)CC2C4)cc1. The van der Waals surface area contributed by atoms with Crippen LogP contribution in [0.1, 0.15) is 69.3 Å². The Morgan fingerprint density at radius 3 is 2.27 bits per heavy atom. The molecule has 140 valence electrons. The highest BCUT2D eigenvalue weighted by Gasteiger charge is 2.66. The molecule has 1 aromatic carbocycles. The number of aromatic hydroxyl groups is 1. The second-order valence-electron chi connectivity index (χ2n) is 9.59. The van der Waals surface area contributed by atoms with E-state index in [0.717, 1.165) is 37.5 Å². The summed E-state index contributed by atoms with van der Waals surface area (Å²) in [6.45, 7) is 0. The number of hydrogen-bond acceptors (Lipinski definition) is 4. The van der Waals surface area contributed by atoms with Crippen molar-refractivity contribution in [1.29, 1.82) is 0 Å². The van der Waals surface area contributed by atoms with Crippen molar-refractivity contribution in [2.45, 2.75) is 75.3 Å². The van der Waals surface area contributed by atoms with E-state index in [9.17, 15) is 5.11 Å². The fourth-order valence-electron chi connectivity index (χ4n) is 7.01. The Labute approximate surface area is 154 Å². The zero-order chi connectivity index (χ0) is 17.4. The van der Waals surface area contributed by atoms with Gasteiger partial charge in [-0.3, -0.25) is 0 Å². The van der Waals surface area contributed by atoms with E-state index in [2.05, 4.69) is 0 Å². The Hall–Kier alpha value is -1.10. The topological polar surface area (TPSA) is 47.9 Å². The third-order valence-corrected chi connectivity index (χ3v) is 7.98. The number of benzene rings is 1. The molecule has 7 rings (SSSR count). The summed E-state index contributed by atoms with van der Waals surface area (Å²) in [6, 6.07) is 7.63. The molecule has 0 amide bonds. The van der Waals surface area contributed by atoms with Crippen LogP contribution in [-0.4, -0.2) is 16.7 Å². The van der Waals surface area contributed by atoms with Gasteiger partial charge in [0.2, 0.25) is 11.6 Å². The molecule has 1 saturated heterocycles. The highest BCUT2D eigenvalue weighted by Crippen LogP contribution is 2.64. The van der Waals surface area contributed by atoms with Crippen LogP contribution in [0.3, 0.4) is 0 Å². The fraction of sp³-hybridized carbons (Fsp3) is 0.727. The highest BCUT2D eigenvalue weighted by atomic mass is 17.3. The van der Waals surface area contributed by atoms with Crippen molar-refractivity contribution in [3.63, 3.8) is 0 Å². The third-order valence-electron chi connectivity index (χ3n) is 7.98. The van der Waals surface area contributed by atoms with Gasteiger partial charge in [0.25, 0.3) is 0 Å². The van der Waals surface area contributed by atoms with Crippen LogP contribution in [0.15, 0.2) is 24.3 Å². The molecule has 1 heterocycles. The number of phenols is 1. The number of hydrogen-bond donors (Lipinski definition) is 1. The number of rotatable bonds is 1. The van der Waals surface area contributed by atoms with Crippen molar-refractivity contribution >= 4 is 0 Å². The first-order valence-electron chi connectivity index (χ1n) is 10.5. The number of ether oxygens (including phenoxy) is 1. The van der Waals surface area contributed by atoms with Gasteiger partial charge in [0.05, 0.1) is 0 Å². The quantitative estimate of drug-likeness (QED) is 0.729. The van der Waals surface area contributed by atoms with E-state index in [1.165, 1.54) is 37.7 Å². The molecular formula is C22H28O4. The minimum absolute atomic E-state index is 0.323. The van der Waals surface area contributed by atoms with Crippen LogP contribution in [0.4, 0.5) is 0 Å². The van der Waals surface area contributed by atoms with Gasteiger partial charge >= 0.3 is 0 Å². The van der Waals surface area contributed by atoms with E-state index in [0.29, 0.717) is 23.5 Å². The van der Waals surface area contributed by atoms with Crippen molar-refractivity contribution < 1.29 is 19.6 Å². The number of phenolic OH excluding ortho intramolecular Hbond substituents is 1. The van der Waals surface area contributed by atoms with Crippen LogP contribution in [0.25, 0.3) is 0 Å². The lowest BCUT2D eigenvalue weighted by Crippen LogP contribution is -2.59. The maximum Gasteiger partial charge on any atom is 0.210 e. The summed E-state index contributed by atoms with van der Waals surface area (Å²) in [7, 11) is 0. The minimum Gasteiger partial charge on any atom is -0.508 e. The van der Waals surface area contributed by atoms with Crippen molar-refractivity contribution in [3.8, 4) is 5.75 Å². The van der Waals surface area contributed by atoms with Crippen molar-refractivity contribution in [1.82, 2.24) is 0 Å². The molecule has 5 saturated carbocycles.